The molecule has 0 fully saturated rings. The number of rotatable bonds is 6. The van der Waals surface area contributed by atoms with Crippen molar-refractivity contribution in [2.75, 3.05) is 6.54 Å². The number of amides is 3. The summed E-state index contributed by atoms with van der Waals surface area (Å²) < 4.78 is 0. The highest BCUT2D eigenvalue weighted by atomic mass is 16.2. The molecule has 0 aromatic rings. The van der Waals surface area contributed by atoms with Crippen LogP contribution in [0, 0.1) is 11.8 Å². The molecule has 0 bridgehead atoms. The molecule has 6 nitrogen and oxygen atoms in total. The number of hydrogen-bond acceptors (Lipinski definition) is 4. The third kappa shape index (κ3) is 5.08. The summed E-state index contributed by atoms with van der Waals surface area (Å²) in [4.78, 5) is 35.2. The number of carbonyl (C=O) groups is 3. The van der Waals surface area contributed by atoms with Crippen molar-refractivity contribution in [1.82, 2.24) is 10.6 Å². The zero-order chi connectivity index (χ0) is 17.5. The highest BCUT2D eigenvalue weighted by molar-refractivity contribution is 6.02. The van der Waals surface area contributed by atoms with E-state index in [1.54, 1.807) is 12.2 Å². The molecule has 2 rings (SSSR count). The van der Waals surface area contributed by atoms with Crippen LogP contribution < -0.4 is 16.4 Å². The van der Waals surface area contributed by atoms with Crippen LogP contribution in [0.25, 0.3) is 0 Å². The van der Waals surface area contributed by atoms with E-state index in [1.165, 1.54) is 6.08 Å². The SMILES string of the molecule is CC1C=CC(N)=C(C(=O)NCCCC[C@@H]2CC=CC(=O)NC2=O)C1. The largest absolute Gasteiger partial charge is 0.398 e. The first kappa shape index (κ1) is 18.0. The number of allylic oxidation sites excluding steroid dienone is 3. The zero-order valence-electron chi connectivity index (χ0n) is 14.0. The second-order valence-electron chi connectivity index (χ2n) is 6.41. The van der Waals surface area contributed by atoms with E-state index in [-0.39, 0.29) is 23.6 Å². The van der Waals surface area contributed by atoms with E-state index in [0.717, 1.165) is 12.8 Å². The Kier molecular flexibility index (Phi) is 6.35. The minimum absolute atomic E-state index is 0.107. The van der Waals surface area contributed by atoms with Crippen molar-refractivity contribution in [2.45, 2.75) is 39.0 Å². The quantitative estimate of drug-likeness (QED) is 0.504. The molecule has 0 aromatic heterocycles. The summed E-state index contributed by atoms with van der Waals surface area (Å²) >= 11 is 0. The van der Waals surface area contributed by atoms with Gasteiger partial charge >= 0.3 is 0 Å². The molecule has 1 aliphatic heterocycles. The molecule has 0 radical (unpaired) electrons. The molecule has 0 saturated heterocycles. The Morgan fingerprint density at radius 2 is 2.12 bits per heavy atom. The Hall–Kier alpha value is -2.37. The first-order chi connectivity index (χ1) is 11.5. The first-order valence-corrected chi connectivity index (χ1v) is 8.43. The summed E-state index contributed by atoms with van der Waals surface area (Å²) in [5.41, 5.74) is 7.05. The Bertz CT molecular complexity index is 605. The molecule has 3 amide bonds. The van der Waals surface area contributed by atoms with Gasteiger partial charge in [0.1, 0.15) is 0 Å². The summed E-state index contributed by atoms with van der Waals surface area (Å²) in [6.45, 7) is 2.60. The van der Waals surface area contributed by atoms with E-state index in [0.29, 0.717) is 43.0 Å². The lowest BCUT2D eigenvalue weighted by molar-refractivity contribution is -0.130. The number of unbranched alkanes of at least 4 members (excludes halogenated alkanes) is 1. The average Bonchev–Trinajstić information content (AvgIpc) is 2.69. The Labute approximate surface area is 142 Å². The fourth-order valence-electron chi connectivity index (χ4n) is 2.89. The highest BCUT2D eigenvalue weighted by Gasteiger charge is 2.21. The molecular formula is C18H25N3O3. The fourth-order valence-corrected chi connectivity index (χ4v) is 2.89. The maximum Gasteiger partial charge on any atom is 0.250 e. The van der Waals surface area contributed by atoms with Crippen molar-refractivity contribution in [2.24, 2.45) is 17.6 Å². The van der Waals surface area contributed by atoms with Gasteiger partial charge in [0.15, 0.2) is 0 Å². The monoisotopic (exact) mass is 331 g/mol. The first-order valence-electron chi connectivity index (χ1n) is 8.43. The van der Waals surface area contributed by atoms with Gasteiger partial charge in [0.2, 0.25) is 17.7 Å². The van der Waals surface area contributed by atoms with Crippen LogP contribution in [0.2, 0.25) is 0 Å². The number of nitrogens with two attached hydrogens (primary N) is 1. The van der Waals surface area contributed by atoms with Crippen LogP contribution in [0.15, 0.2) is 35.6 Å². The van der Waals surface area contributed by atoms with Crippen molar-refractivity contribution in [3.8, 4) is 0 Å². The Morgan fingerprint density at radius 1 is 1.33 bits per heavy atom. The second-order valence-corrected chi connectivity index (χ2v) is 6.41. The summed E-state index contributed by atoms with van der Waals surface area (Å²) in [6.07, 6.45) is 10.5. The lowest BCUT2D eigenvalue weighted by atomic mass is 9.93. The molecule has 2 atom stereocenters. The highest BCUT2D eigenvalue weighted by Crippen LogP contribution is 2.21. The zero-order valence-corrected chi connectivity index (χ0v) is 14.0. The predicted molar refractivity (Wildman–Crippen MR) is 91.4 cm³/mol. The van der Waals surface area contributed by atoms with Crippen molar-refractivity contribution < 1.29 is 14.4 Å². The number of imide groups is 1. The Morgan fingerprint density at radius 3 is 2.92 bits per heavy atom. The van der Waals surface area contributed by atoms with E-state index < -0.39 is 0 Å². The van der Waals surface area contributed by atoms with E-state index in [4.69, 9.17) is 5.73 Å². The van der Waals surface area contributed by atoms with Gasteiger partial charge in [-0.15, -0.1) is 0 Å². The molecule has 24 heavy (non-hydrogen) atoms. The summed E-state index contributed by atoms with van der Waals surface area (Å²) in [5.74, 6) is -0.524. The van der Waals surface area contributed by atoms with Crippen molar-refractivity contribution in [1.29, 1.82) is 0 Å². The third-order valence-electron chi connectivity index (χ3n) is 4.32. The van der Waals surface area contributed by atoms with E-state index in [2.05, 4.69) is 10.6 Å². The number of nitrogens with one attached hydrogen (secondary N) is 2. The molecule has 1 heterocycles. The van der Waals surface area contributed by atoms with Gasteiger partial charge < -0.3 is 11.1 Å². The van der Waals surface area contributed by atoms with E-state index >= 15 is 0 Å². The van der Waals surface area contributed by atoms with Crippen LogP contribution in [0.5, 0.6) is 0 Å². The third-order valence-corrected chi connectivity index (χ3v) is 4.32. The predicted octanol–water partition coefficient (Wildman–Crippen LogP) is 1.30. The Balaban J connectivity index is 1.69. The summed E-state index contributed by atoms with van der Waals surface area (Å²) in [6, 6.07) is 0. The summed E-state index contributed by atoms with van der Waals surface area (Å²) in [7, 11) is 0. The van der Waals surface area contributed by atoms with Crippen molar-refractivity contribution in [3.63, 3.8) is 0 Å². The molecule has 1 unspecified atom stereocenters. The molecule has 0 spiro atoms. The maximum absolute atomic E-state index is 12.2. The van der Waals surface area contributed by atoms with Crippen LogP contribution in [-0.2, 0) is 14.4 Å². The molecule has 0 aromatic carbocycles. The maximum atomic E-state index is 12.2. The second kappa shape index (κ2) is 8.47. The van der Waals surface area contributed by atoms with Gasteiger partial charge in [-0.25, -0.2) is 0 Å². The lowest BCUT2D eigenvalue weighted by Crippen LogP contribution is -2.33. The smallest absolute Gasteiger partial charge is 0.250 e. The van der Waals surface area contributed by atoms with Gasteiger partial charge in [0.25, 0.3) is 0 Å². The van der Waals surface area contributed by atoms with Gasteiger partial charge in [-0.05, 0) is 43.8 Å². The fraction of sp³-hybridized carbons (Fsp3) is 0.500. The standard InChI is InChI=1S/C18H25N3O3/c1-12-8-9-15(19)14(11-12)18(24)20-10-3-2-5-13-6-4-7-16(22)21-17(13)23/h4,7-9,12-13H,2-3,5-6,10-11,19H2,1H3,(H,20,24)(H,21,22,23)/t12?,13-/m1/s1. The topological polar surface area (TPSA) is 101 Å². The minimum atomic E-state index is -0.351. The van der Waals surface area contributed by atoms with Crippen molar-refractivity contribution >= 4 is 17.7 Å². The van der Waals surface area contributed by atoms with Crippen LogP contribution >= 0.6 is 0 Å². The molecule has 130 valence electrons. The van der Waals surface area contributed by atoms with Crippen LogP contribution in [0.1, 0.15) is 39.0 Å². The molecule has 1 aliphatic carbocycles. The van der Waals surface area contributed by atoms with Crippen LogP contribution in [0.3, 0.4) is 0 Å². The van der Waals surface area contributed by atoms with Crippen LogP contribution in [0.4, 0.5) is 0 Å². The van der Waals surface area contributed by atoms with Gasteiger partial charge in [-0.2, -0.15) is 0 Å². The minimum Gasteiger partial charge on any atom is -0.398 e. The van der Waals surface area contributed by atoms with E-state index in [9.17, 15) is 14.4 Å². The van der Waals surface area contributed by atoms with Gasteiger partial charge in [0.05, 0.1) is 0 Å². The van der Waals surface area contributed by atoms with Gasteiger partial charge in [-0.1, -0.05) is 25.5 Å². The molecule has 4 N–H and O–H groups in total. The molecule has 2 aliphatic rings. The van der Waals surface area contributed by atoms with Crippen LogP contribution in [-0.4, -0.2) is 24.3 Å². The van der Waals surface area contributed by atoms with E-state index in [1.807, 2.05) is 13.0 Å². The van der Waals surface area contributed by atoms with Gasteiger partial charge in [0, 0.05) is 23.7 Å². The molecular weight excluding hydrogens is 306 g/mol. The number of hydrogen-bond donors (Lipinski definition) is 3. The van der Waals surface area contributed by atoms with Gasteiger partial charge in [-0.3, -0.25) is 19.7 Å². The van der Waals surface area contributed by atoms with Crippen molar-refractivity contribution in [3.05, 3.63) is 35.6 Å². The normalized spacial score (nSPS) is 23.9. The number of carbonyl (C=O) groups excluding carboxylic acids is 3. The summed E-state index contributed by atoms with van der Waals surface area (Å²) in [5, 5.41) is 5.23. The average molecular weight is 331 g/mol. The molecule has 0 saturated carbocycles. The molecule has 6 heteroatoms. The lowest BCUT2D eigenvalue weighted by Gasteiger charge is -2.17.